The highest BCUT2D eigenvalue weighted by molar-refractivity contribution is 6.31. The molecule has 4 aromatic rings. The fraction of sp³-hybridized carbons (Fsp3) is 0. The molecule has 0 unspecified atom stereocenters. The molecular weight excluding hydrogens is 390 g/mol. The zero-order chi connectivity index (χ0) is 20.2. The van der Waals surface area contributed by atoms with Gasteiger partial charge in [0.2, 0.25) is 5.89 Å². The summed E-state index contributed by atoms with van der Waals surface area (Å²) in [5, 5.41) is 11.6. The first kappa shape index (κ1) is 18.6. The molecule has 1 aromatic heterocycles. The maximum absolute atomic E-state index is 11.0. The van der Waals surface area contributed by atoms with Crippen LogP contribution in [0.4, 0.5) is 11.4 Å². The number of benzene rings is 3. The molecule has 4 rings (SSSR count). The van der Waals surface area contributed by atoms with Gasteiger partial charge >= 0.3 is 0 Å². The molecule has 0 atom stereocenters. The topological polar surface area (TPSA) is 81.5 Å². The van der Waals surface area contributed by atoms with E-state index < -0.39 is 4.92 Å². The molecule has 142 valence electrons. The Balaban J connectivity index is 1.48. The highest BCUT2D eigenvalue weighted by atomic mass is 35.5. The van der Waals surface area contributed by atoms with Crippen LogP contribution in [0.3, 0.4) is 0 Å². The lowest BCUT2D eigenvalue weighted by molar-refractivity contribution is -0.385. The number of para-hydroxylation sites is 1. The van der Waals surface area contributed by atoms with Crippen LogP contribution in [0.15, 0.2) is 82.2 Å². The number of nitrogens with zero attached hydrogens (tertiary/aromatic N) is 3. The largest absolute Gasteiger partial charge is 0.436 e. The maximum Gasteiger partial charge on any atom is 0.276 e. The van der Waals surface area contributed by atoms with E-state index in [-0.39, 0.29) is 5.69 Å². The molecule has 0 spiro atoms. The molecule has 0 bridgehead atoms. The Hall–Kier alpha value is -3.77. The van der Waals surface area contributed by atoms with E-state index in [0.29, 0.717) is 27.6 Å². The number of aliphatic imine (C=N–C) groups is 1. The molecule has 3 aromatic carbocycles. The summed E-state index contributed by atoms with van der Waals surface area (Å²) in [6.45, 7) is 0. The average molecular weight is 404 g/mol. The fourth-order valence-corrected chi connectivity index (χ4v) is 2.95. The second-order valence-corrected chi connectivity index (χ2v) is 6.57. The molecule has 6 nitrogen and oxygen atoms in total. The van der Waals surface area contributed by atoms with E-state index in [1.54, 1.807) is 54.8 Å². The molecule has 7 heteroatoms. The summed E-state index contributed by atoms with van der Waals surface area (Å²) in [5.74, 6) is 0.508. The summed E-state index contributed by atoms with van der Waals surface area (Å²) >= 11 is 5.98. The highest BCUT2D eigenvalue weighted by Gasteiger charge is 2.09. The van der Waals surface area contributed by atoms with Crippen molar-refractivity contribution < 1.29 is 9.34 Å². The number of halogens is 1. The van der Waals surface area contributed by atoms with Gasteiger partial charge in [-0.2, -0.15) is 0 Å². The number of hydrogen-bond donors (Lipinski definition) is 0. The Morgan fingerprint density at radius 3 is 2.66 bits per heavy atom. The fourth-order valence-electron chi connectivity index (χ4n) is 2.78. The van der Waals surface area contributed by atoms with Crippen molar-refractivity contribution in [2.24, 2.45) is 4.99 Å². The highest BCUT2D eigenvalue weighted by Crippen LogP contribution is 2.27. The van der Waals surface area contributed by atoms with Gasteiger partial charge in [0.25, 0.3) is 5.69 Å². The van der Waals surface area contributed by atoms with Crippen molar-refractivity contribution in [2.45, 2.75) is 0 Å². The summed E-state index contributed by atoms with van der Waals surface area (Å²) < 4.78 is 5.75. The molecule has 1 heterocycles. The van der Waals surface area contributed by atoms with Crippen molar-refractivity contribution in [1.82, 2.24) is 4.98 Å². The molecule has 0 fully saturated rings. The van der Waals surface area contributed by atoms with Crippen LogP contribution in [0.2, 0.25) is 5.02 Å². The first-order valence-electron chi connectivity index (χ1n) is 8.71. The summed E-state index contributed by atoms with van der Waals surface area (Å²) in [5.41, 5.74) is 3.52. The number of allylic oxidation sites excluding steroid dienone is 1. The standard InChI is InChI=1S/C22H14ClN3O3/c23-17-9-12-21-19(14-17)25-22(29-21)16-7-10-18(11-8-16)24-13-3-5-15-4-1-2-6-20(15)26(27)28/h1-14H/b5-3+,24-13?. The van der Waals surface area contributed by atoms with Crippen LogP contribution in [-0.4, -0.2) is 16.1 Å². The van der Waals surface area contributed by atoms with E-state index in [4.69, 9.17) is 16.0 Å². The lowest BCUT2D eigenvalue weighted by Crippen LogP contribution is -1.90. The number of hydrogen-bond acceptors (Lipinski definition) is 5. The summed E-state index contributed by atoms with van der Waals surface area (Å²) in [4.78, 5) is 19.4. The molecular formula is C22H14ClN3O3. The van der Waals surface area contributed by atoms with E-state index in [0.717, 1.165) is 11.3 Å². The minimum Gasteiger partial charge on any atom is -0.436 e. The average Bonchev–Trinajstić information content (AvgIpc) is 3.15. The molecule has 0 aliphatic rings. The van der Waals surface area contributed by atoms with Crippen molar-refractivity contribution in [3.8, 4) is 11.5 Å². The number of fused-ring (bicyclic) bond motifs is 1. The summed E-state index contributed by atoms with van der Waals surface area (Å²) in [6.07, 6.45) is 4.91. The number of aromatic nitrogens is 1. The van der Waals surface area contributed by atoms with Crippen LogP contribution < -0.4 is 0 Å². The van der Waals surface area contributed by atoms with Crippen LogP contribution in [-0.2, 0) is 0 Å². The van der Waals surface area contributed by atoms with Gasteiger partial charge in [-0.15, -0.1) is 0 Å². The Morgan fingerprint density at radius 2 is 1.86 bits per heavy atom. The Bertz CT molecular complexity index is 1240. The normalized spacial score (nSPS) is 11.6. The second kappa shape index (κ2) is 8.08. The zero-order valence-electron chi connectivity index (χ0n) is 15.0. The van der Waals surface area contributed by atoms with Crippen LogP contribution in [0.25, 0.3) is 28.6 Å². The number of oxazole rings is 1. The third-order valence-electron chi connectivity index (χ3n) is 4.18. The molecule has 29 heavy (non-hydrogen) atoms. The lowest BCUT2D eigenvalue weighted by Gasteiger charge is -1.97. The monoisotopic (exact) mass is 403 g/mol. The van der Waals surface area contributed by atoms with Gasteiger partial charge < -0.3 is 4.42 Å². The molecule has 0 aliphatic carbocycles. The molecule has 0 amide bonds. The quantitative estimate of drug-likeness (QED) is 0.217. The predicted octanol–water partition coefficient (Wildman–Crippen LogP) is 6.47. The third kappa shape index (κ3) is 4.23. The van der Waals surface area contributed by atoms with Crippen LogP contribution >= 0.6 is 11.6 Å². The SMILES string of the molecule is O=[N+]([O-])c1ccccc1/C=C/C=Nc1ccc(-c2nc3cc(Cl)ccc3o2)cc1. The Kier molecular flexibility index (Phi) is 5.18. The predicted molar refractivity (Wildman–Crippen MR) is 115 cm³/mol. The van der Waals surface area contributed by atoms with Crippen molar-refractivity contribution in [1.29, 1.82) is 0 Å². The first-order chi connectivity index (χ1) is 14.1. The first-order valence-corrected chi connectivity index (χ1v) is 9.09. The van der Waals surface area contributed by atoms with Gasteiger partial charge in [-0.05, 0) is 60.7 Å². The lowest BCUT2D eigenvalue weighted by atomic mass is 10.1. The number of nitro benzene ring substituents is 1. The van der Waals surface area contributed by atoms with Gasteiger partial charge in [0.15, 0.2) is 5.58 Å². The van der Waals surface area contributed by atoms with Gasteiger partial charge in [0, 0.05) is 22.9 Å². The van der Waals surface area contributed by atoms with Gasteiger partial charge in [-0.1, -0.05) is 23.7 Å². The minimum absolute atomic E-state index is 0.0566. The van der Waals surface area contributed by atoms with Crippen molar-refractivity contribution >= 4 is 46.4 Å². The molecule has 0 radical (unpaired) electrons. The van der Waals surface area contributed by atoms with E-state index in [2.05, 4.69) is 9.98 Å². The third-order valence-corrected chi connectivity index (χ3v) is 4.42. The Morgan fingerprint density at radius 1 is 1.07 bits per heavy atom. The van der Waals surface area contributed by atoms with Gasteiger partial charge in [-0.3, -0.25) is 15.1 Å². The zero-order valence-corrected chi connectivity index (χ0v) is 15.8. The van der Waals surface area contributed by atoms with E-state index in [9.17, 15) is 10.1 Å². The summed E-state index contributed by atoms with van der Waals surface area (Å²) in [6, 6.07) is 19.3. The molecule has 0 N–H and O–H groups in total. The van der Waals surface area contributed by atoms with Crippen LogP contribution in [0, 0.1) is 10.1 Å². The van der Waals surface area contributed by atoms with Crippen molar-refractivity contribution in [3.05, 3.63) is 93.5 Å². The second-order valence-electron chi connectivity index (χ2n) is 6.13. The van der Waals surface area contributed by atoms with Crippen LogP contribution in [0.5, 0.6) is 0 Å². The van der Waals surface area contributed by atoms with E-state index in [1.165, 1.54) is 6.07 Å². The van der Waals surface area contributed by atoms with E-state index >= 15 is 0 Å². The van der Waals surface area contributed by atoms with Crippen LogP contribution in [0.1, 0.15) is 5.56 Å². The smallest absolute Gasteiger partial charge is 0.276 e. The van der Waals surface area contributed by atoms with Crippen molar-refractivity contribution in [2.75, 3.05) is 0 Å². The molecule has 0 saturated heterocycles. The Labute approximate surface area is 170 Å². The van der Waals surface area contributed by atoms with Gasteiger partial charge in [0.1, 0.15) is 5.52 Å². The van der Waals surface area contributed by atoms with Crippen molar-refractivity contribution in [3.63, 3.8) is 0 Å². The van der Waals surface area contributed by atoms with E-state index in [1.807, 2.05) is 24.3 Å². The maximum atomic E-state index is 11.0. The summed E-state index contributed by atoms with van der Waals surface area (Å²) in [7, 11) is 0. The molecule has 0 saturated carbocycles. The minimum atomic E-state index is -0.407. The number of rotatable bonds is 5. The van der Waals surface area contributed by atoms with Gasteiger partial charge in [0.05, 0.1) is 16.2 Å². The van der Waals surface area contributed by atoms with Gasteiger partial charge in [-0.25, -0.2) is 4.98 Å². The number of nitro groups is 1. The molecule has 0 aliphatic heterocycles.